The smallest absolute Gasteiger partial charge is 0.264 e. The van der Waals surface area contributed by atoms with Crippen molar-refractivity contribution in [2.24, 2.45) is 4.99 Å². The zero-order valence-corrected chi connectivity index (χ0v) is 19.9. The Hall–Kier alpha value is -2.79. The second kappa shape index (κ2) is 8.04. The third-order valence-corrected chi connectivity index (χ3v) is 6.79. The minimum Gasteiger partial charge on any atom is -0.363 e. The van der Waals surface area contributed by atoms with Crippen LogP contribution in [0.15, 0.2) is 52.4 Å². The number of hydrogen-bond acceptors (Lipinski definition) is 4. The lowest BCUT2D eigenvalue weighted by Crippen LogP contribution is -2.44. The van der Waals surface area contributed by atoms with E-state index in [-0.39, 0.29) is 11.4 Å². The van der Waals surface area contributed by atoms with Crippen molar-refractivity contribution in [1.29, 1.82) is 0 Å². The highest BCUT2D eigenvalue weighted by Gasteiger charge is 2.31. The van der Waals surface area contributed by atoms with E-state index >= 15 is 0 Å². The predicted molar refractivity (Wildman–Crippen MR) is 134 cm³/mol. The van der Waals surface area contributed by atoms with Crippen LogP contribution < -0.4 is 10.2 Å². The van der Waals surface area contributed by atoms with E-state index in [4.69, 9.17) is 0 Å². The fraction of sp³-hybridized carbons (Fsp3) is 0.308. The Kier molecular flexibility index (Phi) is 5.56. The number of carbonyl (C=O) groups is 1. The first-order valence-electron chi connectivity index (χ1n) is 10.7. The second-order valence-corrected chi connectivity index (χ2v) is 9.80. The van der Waals surface area contributed by atoms with Gasteiger partial charge in [0, 0.05) is 17.8 Å². The first-order chi connectivity index (χ1) is 14.7. The van der Waals surface area contributed by atoms with E-state index in [2.05, 4.69) is 68.0 Å². The summed E-state index contributed by atoms with van der Waals surface area (Å²) in [6.45, 7) is 14.0. The number of nitrogens with one attached hydrogen (secondary N) is 1. The number of fused-ring (bicyclic) bond motifs is 1. The van der Waals surface area contributed by atoms with Crippen molar-refractivity contribution in [3.63, 3.8) is 0 Å². The van der Waals surface area contributed by atoms with Crippen molar-refractivity contribution in [3.8, 4) is 0 Å². The minimum atomic E-state index is -0.100. The van der Waals surface area contributed by atoms with Gasteiger partial charge in [0.15, 0.2) is 5.17 Å². The highest BCUT2D eigenvalue weighted by atomic mass is 32.2. The highest BCUT2D eigenvalue weighted by Crippen LogP contribution is 2.41. The quantitative estimate of drug-likeness (QED) is 0.587. The van der Waals surface area contributed by atoms with Crippen LogP contribution in [0.1, 0.15) is 49.9 Å². The van der Waals surface area contributed by atoms with Crippen LogP contribution in [0.2, 0.25) is 0 Å². The van der Waals surface area contributed by atoms with Crippen LogP contribution >= 0.6 is 11.8 Å². The summed E-state index contributed by atoms with van der Waals surface area (Å²) in [7, 11) is 0. The van der Waals surface area contributed by atoms with E-state index in [1.807, 2.05) is 37.3 Å². The van der Waals surface area contributed by atoms with Crippen molar-refractivity contribution >= 4 is 45.9 Å². The largest absolute Gasteiger partial charge is 0.363 e. The summed E-state index contributed by atoms with van der Waals surface area (Å²) < 4.78 is 0. The van der Waals surface area contributed by atoms with Gasteiger partial charge in [0.05, 0.1) is 16.1 Å². The number of carbonyl (C=O) groups excluding carboxylic acids is 1. The molecule has 5 heteroatoms. The van der Waals surface area contributed by atoms with Crippen molar-refractivity contribution in [2.75, 3.05) is 11.4 Å². The molecule has 2 heterocycles. The lowest BCUT2D eigenvalue weighted by atomic mass is 9.87. The van der Waals surface area contributed by atoms with Crippen LogP contribution in [0.5, 0.6) is 0 Å². The first kappa shape index (κ1) is 21.4. The summed E-state index contributed by atoms with van der Waals surface area (Å²) in [6.07, 6.45) is 4.31. The Morgan fingerprint density at radius 3 is 2.52 bits per heavy atom. The molecule has 0 aliphatic carbocycles. The average Bonchev–Trinajstić information content (AvgIpc) is 3.03. The second-order valence-electron chi connectivity index (χ2n) is 8.77. The monoisotopic (exact) mass is 431 g/mol. The maximum absolute atomic E-state index is 12.6. The van der Waals surface area contributed by atoms with Crippen LogP contribution in [-0.2, 0) is 4.79 Å². The molecule has 4 nitrogen and oxygen atoms in total. The zero-order valence-electron chi connectivity index (χ0n) is 19.0. The molecule has 160 valence electrons. The highest BCUT2D eigenvalue weighted by molar-refractivity contribution is 8.18. The predicted octanol–water partition coefficient (Wildman–Crippen LogP) is 6.22. The molecule has 1 saturated heterocycles. The molecule has 2 aliphatic rings. The Labute approximate surface area is 189 Å². The molecule has 0 spiro atoms. The third kappa shape index (κ3) is 4.19. The number of aryl methyl sites for hydroxylation is 2. The molecule has 1 fully saturated rings. The van der Waals surface area contributed by atoms with Crippen LogP contribution in [0.4, 0.5) is 11.4 Å². The fourth-order valence-corrected chi connectivity index (χ4v) is 5.17. The van der Waals surface area contributed by atoms with Gasteiger partial charge in [-0.1, -0.05) is 23.8 Å². The number of rotatable bonds is 3. The Bertz CT molecular complexity index is 1140. The molecule has 1 N–H and O–H groups in total. The van der Waals surface area contributed by atoms with Gasteiger partial charge in [-0.2, -0.15) is 0 Å². The number of hydrogen-bond donors (Lipinski definition) is 1. The summed E-state index contributed by atoms with van der Waals surface area (Å²) in [5.74, 6) is -0.100. The standard InChI is InChI=1S/C26H29N3OS/c1-7-29-22-12-17(3)19(13-21(22)18(4)15-26(29,5)6)14-23-24(30)28-25(31-23)27-20-10-8-16(2)9-11-20/h8-15H,7H2,1-6H3,(H,27,28,30)/b23-14+. The third-order valence-electron chi connectivity index (χ3n) is 5.88. The first-order valence-corrected chi connectivity index (χ1v) is 11.5. The van der Waals surface area contributed by atoms with Crippen molar-refractivity contribution in [2.45, 2.75) is 47.1 Å². The number of aliphatic imine (C=N–C) groups is 1. The van der Waals surface area contributed by atoms with Gasteiger partial charge >= 0.3 is 0 Å². The molecular weight excluding hydrogens is 402 g/mol. The van der Waals surface area contributed by atoms with Crippen molar-refractivity contribution in [1.82, 2.24) is 5.32 Å². The van der Waals surface area contributed by atoms with Gasteiger partial charge in [0.1, 0.15) is 0 Å². The molecule has 2 aromatic rings. The van der Waals surface area contributed by atoms with Gasteiger partial charge < -0.3 is 10.2 Å². The molecule has 2 aliphatic heterocycles. The summed E-state index contributed by atoms with van der Waals surface area (Å²) in [5, 5.41) is 3.51. The molecule has 0 saturated carbocycles. The van der Waals surface area contributed by atoms with Crippen LogP contribution in [-0.4, -0.2) is 23.2 Å². The number of nitrogens with zero attached hydrogens (tertiary/aromatic N) is 2. The fourth-order valence-electron chi connectivity index (χ4n) is 4.34. The van der Waals surface area contributed by atoms with Crippen LogP contribution in [0.25, 0.3) is 11.6 Å². The normalized spacial score (nSPS) is 20.1. The zero-order chi connectivity index (χ0) is 22.3. The molecule has 0 atom stereocenters. The molecule has 0 radical (unpaired) electrons. The molecule has 4 rings (SSSR count). The molecule has 0 bridgehead atoms. The summed E-state index contributed by atoms with van der Waals surface area (Å²) >= 11 is 1.39. The summed E-state index contributed by atoms with van der Waals surface area (Å²) in [6, 6.07) is 12.4. The summed E-state index contributed by atoms with van der Waals surface area (Å²) in [5.41, 5.74) is 8.00. The Balaban J connectivity index is 1.67. The van der Waals surface area contributed by atoms with E-state index in [0.717, 1.165) is 23.4 Å². The lowest BCUT2D eigenvalue weighted by molar-refractivity contribution is -0.115. The van der Waals surface area contributed by atoms with Gasteiger partial charge in [-0.25, -0.2) is 4.99 Å². The van der Waals surface area contributed by atoms with E-state index in [1.165, 1.54) is 34.1 Å². The number of amides is 1. The van der Waals surface area contributed by atoms with Gasteiger partial charge in [0.25, 0.3) is 5.91 Å². The molecular formula is C26H29N3OS. The number of allylic oxidation sites excluding steroid dienone is 1. The molecule has 31 heavy (non-hydrogen) atoms. The Morgan fingerprint density at radius 2 is 1.84 bits per heavy atom. The van der Waals surface area contributed by atoms with Gasteiger partial charge in [0.2, 0.25) is 0 Å². The van der Waals surface area contributed by atoms with Gasteiger partial charge in [-0.05, 0) is 100 Å². The summed E-state index contributed by atoms with van der Waals surface area (Å²) in [4.78, 5) is 20.3. The van der Waals surface area contributed by atoms with E-state index in [1.54, 1.807) is 0 Å². The molecule has 2 aromatic carbocycles. The van der Waals surface area contributed by atoms with Crippen LogP contribution in [0.3, 0.4) is 0 Å². The van der Waals surface area contributed by atoms with Gasteiger partial charge in [-0.15, -0.1) is 0 Å². The Morgan fingerprint density at radius 1 is 1.13 bits per heavy atom. The molecule has 0 unspecified atom stereocenters. The number of anilines is 1. The van der Waals surface area contributed by atoms with Gasteiger partial charge in [-0.3, -0.25) is 4.79 Å². The van der Waals surface area contributed by atoms with Crippen LogP contribution in [0, 0.1) is 13.8 Å². The maximum Gasteiger partial charge on any atom is 0.264 e. The maximum atomic E-state index is 12.6. The average molecular weight is 432 g/mol. The van der Waals surface area contributed by atoms with E-state index in [9.17, 15) is 4.79 Å². The number of benzene rings is 2. The van der Waals surface area contributed by atoms with E-state index < -0.39 is 0 Å². The number of amidine groups is 1. The number of likely N-dealkylation sites (N-methyl/N-ethyl adjacent to an activating group) is 1. The minimum absolute atomic E-state index is 0.0131. The SMILES string of the molecule is CCN1c2cc(C)c(/C=C3/SC(=Nc4ccc(C)cc4)NC3=O)cc2C(C)=CC1(C)C. The van der Waals surface area contributed by atoms with Crippen molar-refractivity contribution in [3.05, 3.63) is 69.6 Å². The lowest BCUT2D eigenvalue weighted by Gasteiger charge is -2.43. The molecule has 0 aromatic heterocycles. The topological polar surface area (TPSA) is 44.7 Å². The number of thioether (sulfide) groups is 1. The van der Waals surface area contributed by atoms with Crippen molar-refractivity contribution < 1.29 is 4.79 Å². The molecule has 1 amide bonds. The van der Waals surface area contributed by atoms with E-state index in [0.29, 0.717) is 10.1 Å².